The summed E-state index contributed by atoms with van der Waals surface area (Å²) in [5.41, 5.74) is 2.34. The Morgan fingerprint density at radius 1 is 1.00 bits per heavy atom. The summed E-state index contributed by atoms with van der Waals surface area (Å²) in [7, 11) is 4.13. The minimum Gasteiger partial charge on any atom is -0.457 e. The first-order valence-corrected chi connectivity index (χ1v) is 7.59. The molecule has 0 unspecified atom stereocenters. The highest BCUT2D eigenvalue weighted by molar-refractivity contribution is 9.10. The maximum atomic E-state index is 5.89. The lowest BCUT2D eigenvalue weighted by Crippen LogP contribution is -2.10. The largest absolute Gasteiger partial charge is 0.457 e. The number of nitrogens with one attached hydrogen (secondary N) is 1. The van der Waals surface area contributed by atoms with Gasteiger partial charge in [0.1, 0.15) is 11.5 Å². The fourth-order valence-corrected chi connectivity index (χ4v) is 2.56. The van der Waals surface area contributed by atoms with E-state index in [9.17, 15) is 0 Å². The van der Waals surface area contributed by atoms with Gasteiger partial charge in [-0.25, -0.2) is 0 Å². The van der Waals surface area contributed by atoms with E-state index >= 15 is 0 Å². The average molecular weight is 345 g/mol. The summed E-state index contributed by atoms with van der Waals surface area (Å²) in [6, 6.07) is 16.1. The van der Waals surface area contributed by atoms with Crippen LogP contribution in [0.2, 0.25) is 0 Å². The third-order valence-electron chi connectivity index (χ3n) is 3.18. The monoisotopic (exact) mass is 344 g/mol. The zero-order valence-corrected chi connectivity index (χ0v) is 13.6. The van der Waals surface area contributed by atoms with Crippen LogP contribution in [0, 0.1) is 0 Å². The smallest absolute Gasteiger partial charge is 0.128 e. The summed E-state index contributed by atoms with van der Waals surface area (Å²) >= 11 is 3.42. The highest BCUT2D eigenvalue weighted by Gasteiger charge is 2.04. The molecule has 0 aliphatic heterocycles. The summed E-state index contributed by atoms with van der Waals surface area (Å²) in [4.78, 5) is 5.56. The molecule has 3 nitrogen and oxygen atoms in total. The second-order valence-electron chi connectivity index (χ2n) is 5.34. The van der Waals surface area contributed by atoms with Crippen molar-refractivity contribution in [3.05, 3.63) is 58.7 Å². The molecule has 0 bridgehead atoms. The summed E-state index contributed by atoms with van der Waals surface area (Å²) in [5, 5.41) is 1.17. The highest BCUT2D eigenvalue weighted by Crippen LogP contribution is 2.27. The number of hydrogen-bond donors (Lipinski definition) is 1. The Morgan fingerprint density at radius 2 is 1.71 bits per heavy atom. The molecule has 21 heavy (non-hydrogen) atoms. The standard InChI is InChI=1S/C17H17BrN2O/c1-20(2)11-14-9-12-10-16(7-8-17(12)19-14)21-15-5-3-13(18)4-6-15/h3-10,19H,11H2,1-2H3. The van der Waals surface area contributed by atoms with Crippen LogP contribution in [0.1, 0.15) is 5.69 Å². The molecule has 0 saturated carbocycles. The molecule has 0 aliphatic carbocycles. The van der Waals surface area contributed by atoms with Gasteiger partial charge in [0, 0.05) is 27.6 Å². The first-order valence-electron chi connectivity index (χ1n) is 6.80. The molecule has 2 aromatic carbocycles. The molecule has 1 N–H and O–H groups in total. The molecular formula is C17H17BrN2O. The normalized spacial score (nSPS) is 11.2. The van der Waals surface area contributed by atoms with Crippen LogP contribution in [0.5, 0.6) is 11.5 Å². The van der Waals surface area contributed by atoms with Crippen molar-refractivity contribution in [2.24, 2.45) is 0 Å². The zero-order valence-electron chi connectivity index (χ0n) is 12.1. The molecule has 0 spiro atoms. The molecule has 0 amide bonds. The van der Waals surface area contributed by atoms with E-state index in [4.69, 9.17) is 4.74 Å². The van der Waals surface area contributed by atoms with Gasteiger partial charge in [0.15, 0.2) is 0 Å². The van der Waals surface area contributed by atoms with Gasteiger partial charge in [0.05, 0.1) is 0 Å². The number of rotatable bonds is 4. The second kappa shape index (κ2) is 5.92. The number of fused-ring (bicyclic) bond motifs is 1. The number of nitrogens with zero attached hydrogens (tertiary/aromatic N) is 1. The zero-order chi connectivity index (χ0) is 14.8. The van der Waals surface area contributed by atoms with Crippen molar-refractivity contribution >= 4 is 26.8 Å². The number of hydrogen-bond acceptors (Lipinski definition) is 2. The predicted molar refractivity (Wildman–Crippen MR) is 89.9 cm³/mol. The van der Waals surface area contributed by atoms with E-state index < -0.39 is 0 Å². The van der Waals surface area contributed by atoms with Crippen LogP contribution < -0.4 is 4.74 Å². The van der Waals surface area contributed by atoms with E-state index in [0.29, 0.717) is 0 Å². The Kier molecular flexibility index (Phi) is 3.99. The topological polar surface area (TPSA) is 28.3 Å². The van der Waals surface area contributed by atoms with Crippen LogP contribution >= 0.6 is 15.9 Å². The molecule has 0 fully saturated rings. The van der Waals surface area contributed by atoms with E-state index in [2.05, 4.69) is 58.1 Å². The van der Waals surface area contributed by atoms with Gasteiger partial charge in [-0.2, -0.15) is 0 Å². The fraction of sp³-hybridized carbons (Fsp3) is 0.176. The van der Waals surface area contributed by atoms with Gasteiger partial charge in [0.25, 0.3) is 0 Å². The van der Waals surface area contributed by atoms with E-state index in [-0.39, 0.29) is 0 Å². The third kappa shape index (κ3) is 3.46. The Bertz CT molecular complexity index is 747. The number of ether oxygens (including phenoxy) is 1. The first-order chi connectivity index (χ1) is 10.1. The van der Waals surface area contributed by atoms with E-state index in [1.54, 1.807) is 0 Å². The van der Waals surface area contributed by atoms with Crippen LogP contribution in [0.25, 0.3) is 10.9 Å². The number of halogens is 1. The van der Waals surface area contributed by atoms with Crippen LogP contribution in [0.15, 0.2) is 53.0 Å². The average Bonchev–Trinajstić information content (AvgIpc) is 2.82. The lowest BCUT2D eigenvalue weighted by molar-refractivity contribution is 0.398. The molecule has 3 rings (SSSR count). The fourth-order valence-electron chi connectivity index (χ4n) is 2.30. The minimum atomic E-state index is 0.835. The van der Waals surface area contributed by atoms with Crippen LogP contribution in [0.4, 0.5) is 0 Å². The molecular weight excluding hydrogens is 328 g/mol. The molecule has 4 heteroatoms. The van der Waals surface area contributed by atoms with Crippen molar-refractivity contribution in [3.8, 4) is 11.5 Å². The van der Waals surface area contributed by atoms with Gasteiger partial charge < -0.3 is 14.6 Å². The van der Waals surface area contributed by atoms with Crippen LogP contribution in [-0.4, -0.2) is 24.0 Å². The summed E-state index contributed by atoms with van der Waals surface area (Å²) in [6.07, 6.45) is 0. The second-order valence-corrected chi connectivity index (χ2v) is 6.25. The van der Waals surface area contributed by atoms with Crippen molar-refractivity contribution in [2.75, 3.05) is 14.1 Å². The first kappa shape index (κ1) is 14.2. The van der Waals surface area contributed by atoms with Crippen LogP contribution in [0.3, 0.4) is 0 Å². The molecule has 1 aromatic heterocycles. The Morgan fingerprint density at radius 3 is 2.43 bits per heavy atom. The van der Waals surface area contributed by atoms with Crippen molar-refractivity contribution in [3.63, 3.8) is 0 Å². The van der Waals surface area contributed by atoms with E-state index in [1.807, 2.05) is 30.3 Å². The van der Waals surface area contributed by atoms with Gasteiger partial charge in [-0.05, 0) is 62.6 Å². The Balaban J connectivity index is 1.84. The predicted octanol–water partition coefficient (Wildman–Crippen LogP) is 4.78. The lowest BCUT2D eigenvalue weighted by Gasteiger charge is -2.06. The highest BCUT2D eigenvalue weighted by atomic mass is 79.9. The molecule has 0 atom stereocenters. The van der Waals surface area contributed by atoms with Crippen LogP contribution in [-0.2, 0) is 6.54 Å². The Labute approximate surface area is 132 Å². The number of aromatic amines is 1. The Hall–Kier alpha value is -1.78. The van der Waals surface area contributed by atoms with Gasteiger partial charge in [0.2, 0.25) is 0 Å². The molecule has 0 aliphatic rings. The lowest BCUT2D eigenvalue weighted by atomic mass is 10.2. The number of H-pyrrole nitrogens is 1. The van der Waals surface area contributed by atoms with Gasteiger partial charge >= 0.3 is 0 Å². The molecule has 108 valence electrons. The molecule has 1 heterocycles. The van der Waals surface area contributed by atoms with E-state index in [1.165, 1.54) is 11.1 Å². The summed E-state index contributed by atoms with van der Waals surface area (Å²) < 4.78 is 6.93. The van der Waals surface area contributed by atoms with Crippen molar-refractivity contribution in [2.45, 2.75) is 6.54 Å². The van der Waals surface area contributed by atoms with Crippen molar-refractivity contribution in [1.29, 1.82) is 0 Å². The van der Waals surface area contributed by atoms with Gasteiger partial charge in [-0.15, -0.1) is 0 Å². The van der Waals surface area contributed by atoms with Gasteiger partial charge in [-0.1, -0.05) is 15.9 Å². The summed E-state index contributed by atoms with van der Waals surface area (Å²) in [6.45, 7) is 0.900. The van der Waals surface area contributed by atoms with Crippen molar-refractivity contribution in [1.82, 2.24) is 9.88 Å². The quantitative estimate of drug-likeness (QED) is 0.737. The molecule has 3 aromatic rings. The SMILES string of the molecule is CN(C)Cc1cc2cc(Oc3ccc(Br)cc3)ccc2[nH]1. The maximum absolute atomic E-state index is 5.89. The van der Waals surface area contributed by atoms with E-state index in [0.717, 1.165) is 28.0 Å². The molecule has 0 radical (unpaired) electrons. The summed E-state index contributed by atoms with van der Waals surface area (Å²) in [5.74, 6) is 1.68. The molecule has 0 saturated heterocycles. The van der Waals surface area contributed by atoms with Crippen molar-refractivity contribution < 1.29 is 4.74 Å². The number of aromatic nitrogens is 1. The van der Waals surface area contributed by atoms with Gasteiger partial charge in [-0.3, -0.25) is 0 Å². The minimum absolute atomic E-state index is 0.835. The maximum Gasteiger partial charge on any atom is 0.128 e. The third-order valence-corrected chi connectivity index (χ3v) is 3.71. The number of benzene rings is 2.